The first-order chi connectivity index (χ1) is 10.9. The number of halogens is 2. The number of rotatable bonds is 3. The summed E-state index contributed by atoms with van der Waals surface area (Å²) in [5, 5.41) is 6.93. The molecule has 0 atom stereocenters. The topological polar surface area (TPSA) is 59.3 Å². The van der Waals surface area contributed by atoms with Crippen molar-refractivity contribution in [2.45, 2.75) is 19.8 Å². The largest absolute Gasteiger partial charge is 0.319 e. The second kappa shape index (κ2) is 5.75. The molecule has 0 saturated heterocycles. The smallest absolute Gasteiger partial charge is 0.255 e. The summed E-state index contributed by atoms with van der Waals surface area (Å²) >= 11 is 0. The van der Waals surface area contributed by atoms with Crippen LogP contribution in [-0.2, 0) is 0 Å². The quantitative estimate of drug-likeness (QED) is 0.806. The monoisotopic (exact) mass is 316 g/mol. The van der Waals surface area contributed by atoms with Crippen molar-refractivity contribution in [2.75, 3.05) is 5.32 Å². The molecule has 3 aromatic rings. The SMILES string of the molecule is CC(C)c1nc2c(NC(=O)c3cc(F)cc(F)c3)cccn2n1. The number of carbonyl (C=O) groups excluding carboxylic acids is 1. The lowest BCUT2D eigenvalue weighted by molar-refractivity contribution is 0.102. The van der Waals surface area contributed by atoms with Gasteiger partial charge in [0.15, 0.2) is 11.5 Å². The first-order valence-corrected chi connectivity index (χ1v) is 7.07. The first kappa shape index (κ1) is 15.1. The lowest BCUT2D eigenvalue weighted by Crippen LogP contribution is -2.13. The molecular formula is C16H14F2N4O. The van der Waals surface area contributed by atoms with Crippen molar-refractivity contribution in [1.29, 1.82) is 0 Å². The van der Waals surface area contributed by atoms with Crippen LogP contribution in [0.2, 0.25) is 0 Å². The average molecular weight is 316 g/mol. The molecule has 0 saturated carbocycles. The number of amides is 1. The minimum atomic E-state index is -0.807. The molecule has 3 rings (SSSR count). The van der Waals surface area contributed by atoms with Gasteiger partial charge in [0.2, 0.25) is 0 Å². The van der Waals surface area contributed by atoms with E-state index >= 15 is 0 Å². The number of fused-ring (bicyclic) bond motifs is 1. The van der Waals surface area contributed by atoms with Crippen LogP contribution in [-0.4, -0.2) is 20.5 Å². The summed E-state index contributed by atoms with van der Waals surface area (Å²) in [5.41, 5.74) is 0.788. The van der Waals surface area contributed by atoms with Crippen molar-refractivity contribution in [1.82, 2.24) is 14.6 Å². The van der Waals surface area contributed by atoms with Crippen molar-refractivity contribution in [3.63, 3.8) is 0 Å². The molecule has 118 valence electrons. The predicted molar refractivity (Wildman–Crippen MR) is 81.4 cm³/mol. The van der Waals surface area contributed by atoms with E-state index < -0.39 is 17.5 Å². The normalized spacial score (nSPS) is 11.2. The first-order valence-electron chi connectivity index (χ1n) is 7.07. The van der Waals surface area contributed by atoms with E-state index in [0.29, 0.717) is 23.2 Å². The molecular weight excluding hydrogens is 302 g/mol. The highest BCUT2D eigenvalue weighted by Gasteiger charge is 2.14. The maximum absolute atomic E-state index is 13.2. The van der Waals surface area contributed by atoms with Gasteiger partial charge in [-0.05, 0) is 24.3 Å². The number of pyridine rings is 1. The van der Waals surface area contributed by atoms with Crippen molar-refractivity contribution in [3.8, 4) is 0 Å². The minimum absolute atomic E-state index is 0.104. The number of benzene rings is 1. The van der Waals surface area contributed by atoms with Gasteiger partial charge in [-0.1, -0.05) is 13.8 Å². The fourth-order valence-electron chi connectivity index (χ4n) is 2.14. The second-order valence-electron chi connectivity index (χ2n) is 5.43. The van der Waals surface area contributed by atoms with Crippen molar-refractivity contribution < 1.29 is 13.6 Å². The summed E-state index contributed by atoms with van der Waals surface area (Å²) in [7, 11) is 0. The third-order valence-corrected chi connectivity index (χ3v) is 3.27. The van der Waals surface area contributed by atoms with Crippen LogP contribution in [0, 0.1) is 11.6 Å². The van der Waals surface area contributed by atoms with Crippen LogP contribution < -0.4 is 5.32 Å². The van der Waals surface area contributed by atoms with Crippen molar-refractivity contribution in [3.05, 3.63) is 59.6 Å². The Morgan fingerprint density at radius 1 is 1.22 bits per heavy atom. The molecule has 0 fully saturated rings. The summed E-state index contributed by atoms with van der Waals surface area (Å²) in [6.07, 6.45) is 1.71. The Kier molecular flexibility index (Phi) is 3.77. The summed E-state index contributed by atoms with van der Waals surface area (Å²) in [4.78, 5) is 16.6. The van der Waals surface area contributed by atoms with E-state index in [0.717, 1.165) is 12.1 Å². The van der Waals surface area contributed by atoms with Crippen LogP contribution in [0.3, 0.4) is 0 Å². The standard InChI is InChI=1S/C16H14F2N4O/c1-9(2)14-20-15-13(4-3-5-22(15)21-14)19-16(23)10-6-11(17)8-12(18)7-10/h3-9H,1-2H3,(H,19,23). The molecule has 0 aliphatic rings. The Morgan fingerprint density at radius 3 is 2.57 bits per heavy atom. The molecule has 0 spiro atoms. The Balaban J connectivity index is 1.96. The Labute approximate surface area is 131 Å². The fraction of sp³-hybridized carbons (Fsp3) is 0.188. The number of nitrogens with zero attached hydrogens (tertiary/aromatic N) is 3. The molecule has 2 aromatic heterocycles. The highest BCUT2D eigenvalue weighted by Crippen LogP contribution is 2.19. The molecule has 0 aliphatic heterocycles. The minimum Gasteiger partial charge on any atom is -0.319 e. The lowest BCUT2D eigenvalue weighted by atomic mass is 10.2. The fourth-order valence-corrected chi connectivity index (χ4v) is 2.14. The molecule has 0 bridgehead atoms. The average Bonchev–Trinajstić information content (AvgIpc) is 2.91. The van der Waals surface area contributed by atoms with Crippen LogP contribution in [0.25, 0.3) is 5.65 Å². The highest BCUT2D eigenvalue weighted by molar-refractivity contribution is 6.05. The van der Waals surface area contributed by atoms with Crippen molar-refractivity contribution >= 4 is 17.2 Å². The van der Waals surface area contributed by atoms with E-state index in [2.05, 4.69) is 15.4 Å². The van der Waals surface area contributed by atoms with Crippen LogP contribution >= 0.6 is 0 Å². The Morgan fingerprint density at radius 2 is 1.91 bits per heavy atom. The van der Waals surface area contributed by atoms with Gasteiger partial charge in [0.1, 0.15) is 11.6 Å². The van der Waals surface area contributed by atoms with Gasteiger partial charge in [0, 0.05) is 23.7 Å². The van der Waals surface area contributed by atoms with E-state index in [1.54, 1.807) is 22.8 Å². The van der Waals surface area contributed by atoms with Gasteiger partial charge in [-0.3, -0.25) is 4.79 Å². The van der Waals surface area contributed by atoms with Crippen LogP contribution in [0.15, 0.2) is 36.5 Å². The molecule has 23 heavy (non-hydrogen) atoms. The number of hydrogen-bond acceptors (Lipinski definition) is 3. The summed E-state index contributed by atoms with van der Waals surface area (Å²) in [6.45, 7) is 3.92. The third-order valence-electron chi connectivity index (χ3n) is 3.27. The highest BCUT2D eigenvalue weighted by atomic mass is 19.1. The summed E-state index contributed by atoms with van der Waals surface area (Å²) in [5.74, 6) is -1.46. The third kappa shape index (κ3) is 3.03. The zero-order chi connectivity index (χ0) is 16.6. The molecule has 5 nitrogen and oxygen atoms in total. The van der Waals surface area contributed by atoms with Gasteiger partial charge in [-0.15, -0.1) is 0 Å². The van der Waals surface area contributed by atoms with E-state index in [4.69, 9.17) is 0 Å². The molecule has 1 N–H and O–H groups in total. The van der Waals surface area contributed by atoms with Crippen LogP contribution in [0.5, 0.6) is 0 Å². The zero-order valence-corrected chi connectivity index (χ0v) is 12.5. The predicted octanol–water partition coefficient (Wildman–Crippen LogP) is 3.38. The molecule has 0 unspecified atom stereocenters. The van der Waals surface area contributed by atoms with Gasteiger partial charge in [-0.2, -0.15) is 5.10 Å². The summed E-state index contributed by atoms with van der Waals surface area (Å²) in [6, 6.07) is 6.02. The Bertz CT molecular complexity index is 869. The molecule has 7 heteroatoms. The number of hydrogen-bond donors (Lipinski definition) is 1. The molecule has 2 heterocycles. The van der Waals surface area contributed by atoms with Gasteiger partial charge >= 0.3 is 0 Å². The van der Waals surface area contributed by atoms with E-state index in [-0.39, 0.29) is 11.5 Å². The van der Waals surface area contributed by atoms with Gasteiger partial charge in [0.05, 0.1) is 5.69 Å². The number of aromatic nitrogens is 3. The van der Waals surface area contributed by atoms with Crippen molar-refractivity contribution in [2.24, 2.45) is 0 Å². The Hall–Kier alpha value is -2.83. The number of nitrogens with one attached hydrogen (secondary N) is 1. The number of anilines is 1. The summed E-state index contributed by atoms with van der Waals surface area (Å²) < 4.78 is 28.0. The maximum Gasteiger partial charge on any atom is 0.255 e. The number of carbonyl (C=O) groups is 1. The van der Waals surface area contributed by atoms with E-state index in [1.165, 1.54) is 0 Å². The molecule has 1 aromatic carbocycles. The van der Waals surface area contributed by atoms with Gasteiger partial charge in [0.25, 0.3) is 5.91 Å². The van der Waals surface area contributed by atoms with Gasteiger partial charge in [-0.25, -0.2) is 18.3 Å². The van der Waals surface area contributed by atoms with Crippen LogP contribution in [0.4, 0.5) is 14.5 Å². The van der Waals surface area contributed by atoms with Gasteiger partial charge < -0.3 is 5.32 Å². The maximum atomic E-state index is 13.2. The second-order valence-corrected chi connectivity index (χ2v) is 5.43. The lowest BCUT2D eigenvalue weighted by Gasteiger charge is -2.06. The zero-order valence-electron chi connectivity index (χ0n) is 12.5. The molecule has 1 amide bonds. The van der Waals surface area contributed by atoms with E-state index in [9.17, 15) is 13.6 Å². The van der Waals surface area contributed by atoms with Crippen LogP contribution in [0.1, 0.15) is 35.9 Å². The molecule has 0 radical (unpaired) electrons. The molecule has 0 aliphatic carbocycles. The van der Waals surface area contributed by atoms with E-state index in [1.807, 2.05) is 13.8 Å².